The highest BCUT2D eigenvalue weighted by atomic mass is 35.5. The van der Waals surface area contributed by atoms with Crippen LogP contribution < -0.4 is 15.4 Å². The van der Waals surface area contributed by atoms with Crippen LogP contribution in [0.2, 0.25) is 5.02 Å². The van der Waals surface area contributed by atoms with Gasteiger partial charge in [0.15, 0.2) is 6.23 Å². The average Bonchev–Trinajstić information content (AvgIpc) is 2.49. The first-order valence-electron chi connectivity index (χ1n) is 7.85. The van der Waals surface area contributed by atoms with Crippen molar-refractivity contribution in [3.8, 4) is 5.75 Å². The zero-order chi connectivity index (χ0) is 17.7. The molecule has 1 atom stereocenters. The molecule has 0 aliphatic rings. The van der Waals surface area contributed by atoms with Crippen LogP contribution in [0.4, 0.5) is 10.5 Å². The Hall–Kier alpha value is -2.20. The molecule has 0 spiro atoms. The topological polar surface area (TPSA) is 50.4 Å². The largest absolute Gasteiger partial charge is 0.471 e. The molecule has 0 aliphatic carbocycles. The van der Waals surface area contributed by atoms with Gasteiger partial charge >= 0.3 is 6.03 Å². The Bertz CT molecular complexity index is 693. The molecule has 2 rings (SSSR count). The second-order valence-corrected chi connectivity index (χ2v) is 7.04. The lowest BCUT2D eigenvalue weighted by Crippen LogP contribution is -2.39. The molecule has 1 unspecified atom stereocenters. The molecular formula is C19H23ClN2O2. The number of carbonyl (C=O) groups is 1. The molecule has 5 heteroatoms. The van der Waals surface area contributed by atoms with Crippen molar-refractivity contribution in [1.82, 2.24) is 5.32 Å². The molecule has 0 saturated carbocycles. The van der Waals surface area contributed by atoms with Crippen LogP contribution in [0.5, 0.6) is 5.75 Å². The van der Waals surface area contributed by atoms with E-state index >= 15 is 0 Å². The molecule has 2 N–H and O–H groups in total. The van der Waals surface area contributed by atoms with E-state index in [1.54, 1.807) is 31.2 Å². The molecule has 2 aromatic carbocycles. The highest BCUT2D eigenvalue weighted by molar-refractivity contribution is 6.30. The maximum atomic E-state index is 12.2. The average molecular weight is 347 g/mol. The molecule has 0 heterocycles. The summed E-state index contributed by atoms with van der Waals surface area (Å²) in [4.78, 5) is 12.2. The molecule has 2 aromatic rings. The zero-order valence-electron chi connectivity index (χ0n) is 14.4. The molecule has 0 fully saturated rings. The van der Waals surface area contributed by atoms with Gasteiger partial charge in [0.1, 0.15) is 5.75 Å². The highest BCUT2D eigenvalue weighted by Crippen LogP contribution is 2.29. The standard InChI is InChI=1S/C19H23ClN2O2/c1-13(24-15-11-9-14(20)10-12-15)21-18(23)22-17-8-6-5-7-16(17)19(2,3)4/h5-13H,1-4H3,(H2,21,22,23). The fourth-order valence-corrected chi connectivity index (χ4v) is 2.46. The fraction of sp³-hybridized carbons (Fsp3) is 0.316. The van der Waals surface area contributed by atoms with Gasteiger partial charge in [0.05, 0.1) is 0 Å². The number of ether oxygens (including phenoxy) is 1. The molecule has 128 valence electrons. The van der Waals surface area contributed by atoms with Gasteiger partial charge < -0.3 is 15.4 Å². The Morgan fingerprint density at radius 1 is 1.08 bits per heavy atom. The summed E-state index contributed by atoms with van der Waals surface area (Å²) < 4.78 is 5.64. The summed E-state index contributed by atoms with van der Waals surface area (Å²) in [5.41, 5.74) is 1.81. The van der Waals surface area contributed by atoms with Gasteiger partial charge in [-0.3, -0.25) is 0 Å². The summed E-state index contributed by atoms with van der Waals surface area (Å²) in [6, 6.07) is 14.5. The van der Waals surface area contributed by atoms with Crippen LogP contribution in [0.3, 0.4) is 0 Å². The molecular weight excluding hydrogens is 324 g/mol. The van der Waals surface area contributed by atoms with E-state index in [4.69, 9.17) is 16.3 Å². The summed E-state index contributed by atoms with van der Waals surface area (Å²) in [5, 5.41) is 6.30. The van der Waals surface area contributed by atoms with Crippen molar-refractivity contribution in [2.24, 2.45) is 0 Å². The number of hydrogen-bond acceptors (Lipinski definition) is 2. The van der Waals surface area contributed by atoms with Gasteiger partial charge in [-0.1, -0.05) is 50.6 Å². The number of nitrogens with one attached hydrogen (secondary N) is 2. The number of benzene rings is 2. The lowest BCUT2D eigenvalue weighted by atomic mass is 9.86. The Morgan fingerprint density at radius 2 is 1.71 bits per heavy atom. The smallest absolute Gasteiger partial charge is 0.322 e. The monoisotopic (exact) mass is 346 g/mol. The predicted molar refractivity (Wildman–Crippen MR) is 98.8 cm³/mol. The van der Waals surface area contributed by atoms with Crippen molar-refractivity contribution in [3.63, 3.8) is 0 Å². The third kappa shape index (κ3) is 5.17. The molecule has 0 aromatic heterocycles. The van der Waals surface area contributed by atoms with Crippen molar-refractivity contribution in [2.45, 2.75) is 39.3 Å². The number of para-hydroxylation sites is 1. The van der Waals surface area contributed by atoms with Crippen molar-refractivity contribution in [3.05, 3.63) is 59.1 Å². The van der Waals surface area contributed by atoms with E-state index in [1.807, 2.05) is 24.3 Å². The Kier molecular flexibility index (Phi) is 5.73. The third-order valence-electron chi connectivity index (χ3n) is 3.44. The number of rotatable bonds is 4. The summed E-state index contributed by atoms with van der Waals surface area (Å²) in [6.45, 7) is 8.09. The first-order valence-corrected chi connectivity index (χ1v) is 8.23. The third-order valence-corrected chi connectivity index (χ3v) is 3.70. The van der Waals surface area contributed by atoms with E-state index in [1.165, 1.54) is 0 Å². The second-order valence-electron chi connectivity index (χ2n) is 6.61. The Balaban J connectivity index is 1.97. The van der Waals surface area contributed by atoms with E-state index in [0.717, 1.165) is 11.3 Å². The lowest BCUT2D eigenvalue weighted by Gasteiger charge is -2.23. The van der Waals surface area contributed by atoms with Crippen LogP contribution in [0, 0.1) is 0 Å². The van der Waals surface area contributed by atoms with E-state index in [-0.39, 0.29) is 11.4 Å². The van der Waals surface area contributed by atoms with Gasteiger partial charge in [-0.25, -0.2) is 4.79 Å². The zero-order valence-corrected chi connectivity index (χ0v) is 15.1. The predicted octanol–water partition coefficient (Wildman–Crippen LogP) is 5.18. The Morgan fingerprint density at radius 3 is 2.33 bits per heavy atom. The SMILES string of the molecule is CC(NC(=O)Nc1ccccc1C(C)(C)C)Oc1ccc(Cl)cc1. The van der Waals surface area contributed by atoms with E-state index < -0.39 is 6.23 Å². The molecule has 0 bridgehead atoms. The number of carbonyl (C=O) groups excluding carboxylic acids is 1. The molecule has 24 heavy (non-hydrogen) atoms. The summed E-state index contributed by atoms with van der Waals surface area (Å²) in [5.74, 6) is 0.641. The minimum Gasteiger partial charge on any atom is -0.471 e. The second kappa shape index (κ2) is 7.58. The van der Waals surface area contributed by atoms with Gasteiger partial charge in [-0.15, -0.1) is 0 Å². The van der Waals surface area contributed by atoms with Crippen LogP contribution in [0.1, 0.15) is 33.3 Å². The summed E-state index contributed by atoms with van der Waals surface area (Å²) in [7, 11) is 0. The van der Waals surface area contributed by atoms with Crippen molar-refractivity contribution in [2.75, 3.05) is 5.32 Å². The number of hydrogen-bond donors (Lipinski definition) is 2. The van der Waals surface area contributed by atoms with Gasteiger partial charge in [-0.05, 0) is 48.2 Å². The fourth-order valence-electron chi connectivity index (χ4n) is 2.34. The number of halogens is 1. The van der Waals surface area contributed by atoms with Crippen LogP contribution in [-0.2, 0) is 5.41 Å². The van der Waals surface area contributed by atoms with E-state index in [9.17, 15) is 4.79 Å². The molecule has 0 radical (unpaired) electrons. The van der Waals surface area contributed by atoms with Gasteiger partial charge in [-0.2, -0.15) is 0 Å². The van der Waals surface area contributed by atoms with E-state index in [2.05, 4.69) is 31.4 Å². The maximum absolute atomic E-state index is 12.2. The molecule has 0 aliphatic heterocycles. The normalized spacial score (nSPS) is 12.4. The van der Waals surface area contributed by atoms with Crippen LogP contribution in [0.15, 0.2) is 48.5 Å². The highest BCUT2D eigenvalue weighted by Gasteiger charge is 2.19. The maximum Gasteiger partial charge on any atom is 0.322 e. The van der Waals surface area contributed by atoms with Crippen LogP contribution >= 0.6 is 11.6 Å². The molecule has 0 saturated heterocycles. The quantitative estimate of drug-likeness (QED) is 0.749. The first kappa shape index (κ1) is 18.1. The van der Waals surface area contributed by atoms with Gasteiger partial charge in [0, 0.05) is 10.7 Å². The Labute approximate surface area is 148 Å². The number of urea groups is 1. The lowest BCUT2D eigenvalue weighted by molar-refractivity contribution is 0.183. The number of amides is 2. The van der Waals surface area contributed by atoms with Crippen molar-refractivity contribution in [1.29, 1.82) is 0 Å². The van der Waals surface area contributed by atoms with E-state index in [0.29, 0.717) is 10.8 Å². The summed E-state index contributed by atoms with van der Waals surface area (Å²) >= 11 is 5.84. The van der Waals surface area contributed by atoms with Gasteiger partial charge in [0.25, 0.3) is 0 Å². The van der Waals surface area contributed by atoms with Crippen molar-refractivity contribution < 1.29 is 9.53 Å². The number of anilines is 1. The first-order chi connectivity index (χ1) is 11.3. The molecule has 4 nitrogen and oxygen atoms in total. The van der Waals surface area contributed by atoms with Crippen LogP contribution in [0.25, 0.3) is 0 Å². The van der Waals surface area contributed by atoms with Crippen LogP contribution in [-0.4, -0.2) is 12.3 Å². The summed E-state index contributed by atoms with van der Waals surface area (Å²) in [6.07, 6.45) is -0.479. The minimum atomic E-state index is -0.479. The molecule has 2 amide bonds. The minimum absolute atomic E-state index is 0.0602. The van der Waals surface area contributed by atoms with Crippen molar-refractivity contribution >= 4 is 23.3 Å². The van der Waals surface area contributed by atoms with Gasteiger partial charge in [0.2, 0.25) is 0 Å².